The molecule has 4 nitrogen and oxygen atoms in total. The normalized spacial score (nSPS) is 31.4. The van der Waals surface area contributed by atoms with Crippen LogP contribution in [0, 0.1) is 11.8 Å². The minimum absolute atomic E-state index is 0.00404. The molecular formula is C12H20N2O2. The molecule has 4 heteroatoms. The highest BCUT2D eigenvalue weighted by molar-refractivity contribution is 5.87. The third-order valence-corrected chi connectivity index (χ3v) is 3.68. The zero-order chi connectivity index (χ0) is 11.5. The highest BCUT2D eigenvalue weighted by atomic mass is 16.2. The van der Waals surface area contributed by atoms with Crippen molar-refractivity contribution in [2.75, 3.05) is 19.6 Å². The number of carbonyl (C=O) groups excluding carboxylic acids is 2. The van der Waals surface area contributed by atoms with Gasteiger partial charge < -0.3 is 10.2 Å². The number of carbonyl (C=O) groups is 2. The standard InChI is InChI=1S/C12H20N2O2/c1-9-2-3-10(6-9)8-14-5-4-11(15)13-7-12(14)16/h9-10H,2-8H2,1H3,(H,13,15). The van der Waals surface area contributed by atoms with E-state index in [1.54, 1.807) is 0 Å². The quantitative estimate of drug-likeness (QED) is 0.753. The van der Waals surface area contributed by atoms with Gasteiger partial charge in [-0.2, -0.15) is 0 Å². The van der Waals surface area contributed by atoms with Gasteiger partial charge in [0, 0.05) is 19.5 Å². The average molecular weight is 224 g/mol. The highest BCUT2D eigenvalue weighted by Crippen LogP contribution is 2.30. The Morgan fingerprint density at radius 1 is 1.38 bits per heavy atom. The molecular weight excluding hydrogens is 204 g/mol. The van der Waals surface area contributed by atoms with Gasteiger partial charge in [-0.15, -0.1) is 0 Å². The summed E-state index contributed by atoms with van der Waals surface area (Å²) in [6.45, 7) is 3.89. The summed E-state index contributed by atoms with van der Waals surface area (Å²) in [7, 11) is 0. The summed E-state index contributed by atoms with van der Waals surface area (Å²) in [5.41, 5.74) is 0. The van der Waals surface area contributed by atoms with Crippen LogP contribution in [0.4, 0.5) is 0 Å². The fraction of sp³-hybridized carbons (Fsp3) is 0.833. The summed E-state index contributed by atoms with van der Waals surface area (Å²) in [5, 5.41) is 2.63. The molecule has 1 aliphatic heterocycles. The van der Waals surface area contributed by atoms with Crippen molar-refractivity contribution in [1.29, 1.82) is 0 Å². The fourth-order valence-corrected chi connectivity index (χ4v) is 2.73. The number of nitrogens with one attached hydrogen (secondary N) is 1. The van der Waals surface area contributed by atoms with Crippen molar-refractivity contribution in [3.8, 4) is 0 Å². The van der Waals surface area contributed by atoms with Crippen LogP contribution in [0.5, 0.6) is 0 Å². The molecule has 2 amide bonds. The minimum atomic E-state index is -0.00404. The van der Waals surface area contributed by atoms with E-state index in [0.717, 1.165) is 12.5 Å². The molecule has 1 N–H and O–H groups in total. The molecule has 1 heterocycles. The first-order valence-corrected chi connectivity index (χ1v) is 6.19. The lowest BCUT2D eigenvalue weighted by atomic mass is 10.1. The van der Waals surface area contributed by atoms with Crippen LogP contribution in [-0.4, -0.2) is 36.3 Å². The number of amides is 2. The zero-order valence-electron chi connectivity index (χ0n) is 9.87. The smallest absolute Gasteiger partial charge is 0.241 e. The first-order chi connectivity index (χ1) is 7.65. The Hall–Kier alpha value is -1.06. The molecule has 1 saturated carbocycles. The monoisotopic (exact) mass is 224 g/mol. The van der Waals surface area contributed by atoms with Crippen molar-refractivity contribution in [2.45, 2.75) is 32.6 Å². The predicted molar refractivity (Wildman–Crippen MR) is 60.7 cm³/mol. The molecule has 2 rings (SSSR count). The number of rotatable bonds is 2. The number of hydrogen-bond donors (Lipinski definition) is 1. The van der Waals surface area contributed by atoms with Crippen molar-refractivity contribution >= 4 is 11.8 Å². The van der Waals surface area contributed by atoms with Gasteiger partial charge in [0.2, 0.25) is 11.8 Å². The van der Waals surface area contributed by atoms with Crippen molar-refractivity contribution < 1.29 is 9.59 Å². The van der Waals surface area contributed by atoms with E-state index in [2.05, 4.69) is 12.2 Å². The summed E-state index contributed by atoms with van der Waals surface area (Å²) < 4.78 is 0. The SMILES string of the molecule is CC1CCC(CN2CCC(=O)NCC2=O)C1. The molecule has 16 heavy (non-hydrogen) atoms. The second-order valence-corrected chi connectivity index (χ2v) is 5.15. The van der Waals surface area contributed by atoms with Gasteiger partial charge in [-0.05, 0) is 24.7 Å². The second kappa shape index (κ2) is 4.85. The number of nitrogens with zero attached hydrogens (tertiary/aromatic N) is 1. The van der Waals surface area contributed by atoms with Crippen LogP contribution < -0.4 is 5.32 Å². The van der Waals surface area contributed by atoms with E-state index in [0.29, 0.717) is 18.9 Å². The van der Waals surface area contributed by atoms with E-state index in [9.17, 15) is 9.59 Å². The maximum absolute atomic E-state index is 11.7. The minimum Gasteiger partial charge on any atom is -0.347 e. The van der Waals surface area contributed by atoms with Crippen molar-refractivity contribution in [2.24, 2.45) is 11.8 Å². The molecule has 0 aromatic carbocycles. The Balaban J connectivity index is 1.87. The molecule has 0 aromatic heterocycles. The lowest BCUT2D eigenvalue weighted by Gasteiger charge is -2.23. The molecule has 0 spiro atoms. The van der Waals surface area contributed by atoms with Gasteiger partial charge in [0.1, 0.15) is 0 Å². The zero-order valence-corrected chi connectivity index (χ0v) is 9.87. The Bertz CT molecular complexity index is 291. The third kappa shape index (κ3) is 2.74. The van der Waals surface area contributed by atoms with E-state index in [4.69, 9.17) is 0 Å². The Morgan fingerprint density at radius 3 is 2.88 bits per heavy atom. The molecule has 2 atom stereocenters. The van der Waals surface area contributed by atoms with E-state index in [1.165, 1.54) is 19.3 Å². The summed E-state index contributed by atoms with van der Waals surface area (Å²) in [4.78, 5) is 24.8. The largest absolute Gasteiger partial charge is 0.347 e. The van der Waals surface area contributed by atoms with Gasteiger partial charge in [0.25, 0.3) is 0 Å². The predicted octanol–water partition coefficient (Wildman–Crippen LogP) is 0.771. The molecule has 2 fully saturated rings. The summed E-state index contributed by atoms with van der Waals surface area (Å²) in [6, 6.07) is 0. The van der Waals surface area contributed by atoms with Gasteiger partial charge in [0.15, 0.2) is 0 Å². The summed E-state index contributed by atoms with van der Waals surface area (Å²) >= 11 is 0. The van der Waals surface area contributed by atoms with Crippen molar-refractivity contribution in [3.63, 3.8) is 0 Å². The van der Waals surface area contributed by atoms with Gasteiger partial charge >= 0.3 is 0 Å². The topological polar surface area (TPSA) is 49.4 Å². The maximum atomic E-state index is 11.7. The van der Waals surface area contributed by atoms with Crippen molar-refractivity contribution in [3.05, 3.63) is 0 Å². The lowest BCUT2D eigenvalue weighted by Crippen LogP contribution is -2.38. The molecule has 2 unspecified atom stereocenters. The van der Waals surface area contributed by atoms with Crippen LogP contribution in [-0.2, 0) is 9.59 Å². The average Bonchev–Trinajstić information content (AvgIpc) is 2.59. The lowest BCUT2D eigenvalue weighted by molar-refractivity contribution is -0.130. The van der Waals surface area contributed by atoms with E-state index in [1.807, 2.05) is 4.90 Å². The van der Waals surface area contributed by atoms with Gasteiger partial charge in [-0.1, -0.05) is 13.3 Å². The molecule has 2 aliphatic rings. The maximum Gasteiger partial charge on any atom is 0.241 e. The third-order valence-electron chi connectivity index (χ3n) is 3.68. The van der Waals surface area contributed by atoms with Crippen LogP contribution in [0.15, 0.2) is 0 Å². The van der Waals surface area contributed by atoms with Crippen LogP contribution in [0.1, 0.15) is 32.6 Å². The molecule has 90 valence electrons. The fourth-order valence-electron chi connectivity index (χ4n) is 2.73. The molecule has 1 aliphatic carbocycles. The summed E-state index contributed by atoms with van der Waals surface area (Å²) in [6.07, 6.45) is 4.19. The van der Waals surface area contributed by atoms with Gasteiger partial charge in [-0.25, -0.2) is 0 Å². The van der Waals surface area contributed by atoms with Gasteiger partial charge in [0.05, 0.1) is 6.54 Å². The summed E-state index contributed by atoms with van der Waals surface area (Å²) in [5.74, 6) is 1.51. The Morgan fingerprint density at radius 2 is 2.19 bits per heavy atom. The molecule has 0 aromatic rings. The van der Waals surface area contributed by atoms with E-state index >= 15 is 0 Å². The van der Waals surface area contributed by atoms with Crippen molar-refractivity contribution in [1.82, 2.24) is 10.2 Å². The van der Waals surface area contributed by atoms with Crippen LogP contribution in [0.2, 0.25) is 0 Å². The van der Waals surface area contributed by atoms with Crippen LogP contribution in [0.25, 0.3) is 0 Å². The van der Waals surface area contributed by atoms with Gasteiger partial charge in [-0.3, -0.25) is 9.59 Å². The molecule has 0 radical (unpaired) electrons. The first kappa shape index (κ1) is 11.4. The number of hydrogen-bond acceptors (Lipinski definition) is 2. The molecule has 1 saturated heterocycles. The van der Waals surface area contributed by atoms with E-state index in [-0.39, 0.29) is 18.4 Å². The Labute approximate surface area is 96.4 Å². The van der Waals surface area contributed by atoms with Crippen LogP contribution >= 0.6 is 0 Å². The second-order valence-electron chi connectivity index (χ2n) is 5.15. The van der Waals surface area contributed by atoms with Crippen LogP contribution in [0.3, 0.4) is 0 Å². The Kier molecular flexibility index (Phi) is 3.46. The molecule has 0 bridgehead atoms. The highest BCUT2D eigenvalue weighted by Gasteiger charge is 2.27. The first-order valence-electron chi connectivity index (χ1n) is 6.19. The van der Waals surface area contributed by atoms with E-state index < -0.39 is 0 Å².